The quantitative estimate of drug-likeness (QED) is 0.231. The third-order valence-electron chi connectivity index (χ3n) is 7.26. The molecular formula is C32H32Ti. The molecule has 5 rings (SSSR count). The van der Waals surface area contributed by atoms with E-state index in [1.54, 1.807) is 5.56 Å². The Morgan fingerprint density at radius 1 is 0.576 bits per heavy atom. The average Bonchev–Trinajstić information content (AvgIpc) is 3.31. The van der Waals surface area contributed by atoms with Crippen molar-refractivity contribution in [3.63, 3.8) is 0 Å². The number of allylic oxidation sites excluding steroid dienone is 1. The third kappa shape index (κ3) is 4.83. The van der Waals surface area contributed by atoms with Crippen LogP contribution in [0, 0.1) is 0 Å². The van der Waals surface area contributed by atoms with E-state index in [2.05, 4.69) is 128 Å². The van der Waals surface area contributed by atoms with Crippen LogP contribution in [0.25, 0.3) is 6.08 Å². The van der Waals surface area contributed by atoms with Gasteiger partial charge in [0, 0.05) is 0 Å². The molecule has 1 heteroatoms. The number of benzene rings is 4. The van der Waals surface area contributed by atoms with Crippen LogP contribution in [0.1, 0.15) is 44.5 Å². The van der Waals surface area contributed by atoms with Gasteiger partial charge in [-0.25, -0.2) is 0 Å². The zero-order valence-electron chi connectivity index (χ0n) is 19.5. The van der Waals surface area contributed by atoms with Crippen LogP contribution in [0.2, 0.25) is 0 Å². The predicted octanol–water partition coefficient (Wildman–Crippen LogP) is 8.07. The minimum absolute atomic E-state index is 0.562. The van der Waals surface area contributed by atoms with Crippen molar-refractivity contribution in [3.05, 3.63) is 149 Å². The van der Waals surface area contributed by atoms with Crippen molar-refractivity contribution < 1.29 is 16.6 Å². The molecule has 0 saturated carbocycles. The van der Waals surface area contributed by atoms with E-state index in [-0.39, 0.29) is 0 Å². The van der Waals surface area contributed by atoms with Gasteiger partial charge in [-0.15, -0.1) is 0 Å². The van der Waals surface area contributed by atoms with Crippen molar-refractivity contribution in [3.8, 4) is 0 Å². The monoisotopic (exact) mass is 464 g/mol. The SMILES string of the molecule is CCc1cccc2c1C=C[CH]2[Ti]([CH2]c1ccccc1)([CH2]c1ccccc1)[CH2]c1ccccc1. The molecule has 1 unspecified atom stereocenters. The predicted molar refractivity (Wildman–Crippen MR) is 138 cm³/mol. The first kappa shape index (κ1) is 22.1. The van der Waals surface area contributed by atoms with Gasteiger partial charge in [-0.05, 0) is 0 Å². The first-order valence-electron chi connectivity index (χ1n) is 12.2. The summed E-state index contributed by atoms with van der Waals surface area (Å²) in [6.07, 6.45) is 6.12. The fourth-order valence-electron chi connectivity index (χ4n) is 5.77. The molecule has 0 saturated heterocycles. The van der Waals surface area contributed by atoms with E-state index in [0.717, 1.165) is 6.42 Å². The zero-order chi connectivity index (χ0) is 22.5. The molecule has 33 heavy (non-hydrogen) atoms. The number of hydrogen-bond acceptors (Lipinski definition) is 0. The summed E-state index contributed by atoms with van der Waals surface area (Å²) >= 11 is -2.66. The Kier molecular flexibility index (Phi) is 6.76. The summed E-state index contributed by atoms with van der Waals surface area (Å²) in [4.78, 5) is 0. The van der Waals surface area contributed by atoms with Gasteiger partial charge in [0.2, 0.25) is 0 Å². The molecule has 0 fully saturated rings. The molecule has 4 aromatic rings. The van der Waals surface area contributed by atoms with Crippen LogP contribution >= 0.6 is 0 Å². The molecule has 0 spiro atoms. The van der Waals surface area contributed by atoms with Crippen LogP contribution in [0.5, 0.6) is 0 Å². The van der Waals surface area contributed by atoms with Gasteiger partial charge in [0.25, 0.3) is 0 Å². The molecular weight excluding hydrogens is 432 g/mol. The Balaban J connectivity index is 1.66. The molecule has 0 aromatic heterocycles. The second kappa shape index (κ2) is 10.1. The maximum atomic E-state index is 2.58. The minimum atomic E-state index is -2.66. The van der Waals surface area contributed by atoms with Crippen LogP contribution in [0.3, 0.4) is 0 Å². The summed E-state index contributed by atoms with van der Waals surface area (Å²) in [6.45, 7) is 2.28. The van der Waals surface area contributed by atoms with E-state index in [0.29, 0.717) is 4.22 Å². The summed E-state index contributed by atoms with van der Waals surface area (Å²) in [5.41, 5.74) is 9.06. The summed E-state index contributed by atoms with van der Waals surface area (Å²) in [5.74, 6) is 0. The third-order valence-corrected chi connectivity index (χ3v) is 15.3. The van der Waals surface area contributed by atoms with Crippen LogP contribution in [0.15, 0.2) is 115 Å². The van der Waals surface area contributed by atoms with Gasteiger partial charge in [0.1, 0.15) is 0 Å². The standard InChI is InChI=1S/C11H11.3C7H7.Ti/c1-2-9-5-3-6-10-7-4-8-11(9)10;3*1-7-5-3-2-4-6-7;/h3-8H,2H2,1H3;3*2-6H,1H2;. The Morgan fingerprint density at radius 3 is 1.52 bits per heavy atom. The molecule has 164 valence electrons. The first-order valence-corrected chi connectivity index (χ1v) is 16.4. The number of rotatable bonds is 8. The molecule has 4 aromatic carbocycles. The maximum absolute atomic E-state index is 2.66. The Bertz CT molecular complexity index is 1110. The van der Waals surface area contributed by atoms with Gasteiger partial charge in [-0.1, -0.05) is 0 Å². The van der Waals surface area contributed by atoms with Gasteiger partial charge >= 0.3 is 203 Å². The summed E-state index contributed by atoms with van der Waals surface area (Å²) in [6, 6.07) is 40.8. The first-order chi connectivity index (χ1) is 16.3. The van der Waals surface area contributed by atoms with Crippen LogP contribution in [-0.4, -0.2) is 0 Å². The van der Waals surface area contributed by atoms with Crippen molar-refractivity contribution >= 4 is 6.08 Å². The molecule has 1 aliphatic carbocycles. The van der Waals surface area contributed by atoms with E-state index < -0.39 is 16.6 Å². The number of hydrogen-bond donors (Lipinski definition) is 0. The Morgan fingerprint density at radius 2 is 1.06 bits per heavy atom. The topological polar surface area (TPSA) is 0 Å². The average molecular weight is 464 g/mol. The van der Waals surface area contributed by atoms with Gasteiger partial charge in [0.15, 0.2) is 0 Å². The van der Waals surface area contributed by atoms with E-state index in [1.807, 2.05) is 0 Å². The van der Waals surface area contributed by atoms with Crippen LogP contribution < -0.4 is 0 Å². The summed E-state index contributed by atoms with van der Waals surface area (Å²) in [7, 11) is 0. The van der Waals surface area contributed by atoms with Gasteiger partial charge in [0.05, 0.1) is 0 Å². The van der Waals surface area contributed by atoms with Gasteiger partial charge in [-0.3, -0.25) is 0 Å². The molecule has 0 aliphatic heterocycles. The molecule has 1 aliphatic rings. The van der Waals surface area contributed by atoms with Gasteiger partial charge in [-0.2, -0.15) is 0 Å². The van der Waals surface area contributed by atoms with Crippen molar-refractivity contribution in [2.75, 3.05) is 0 Å². The molecule has 0 nitrogen and oxygen atoms in total. The second-order valence-corrected chi connectivity index (χ2v) is 16.3. The van der Waals surface area contributed by atoms with Gasteiger partial charge < -0.3 is 0 Å². The molecule has 0 heterocycles. The molecule has 1 atom stereocenters. The van der Waals surface area contributed by atoms with E-state index >= 15 is 0 Å². The molecule has 0 bridgehead atoms. The van der Waals surface area contributed by atoms with E-state index in [4.69, 9.17) is 0 Å². The normalized spacial score (nSPS) is 14.9. The number of aryl methyl sites for hydroxylation is 1. The van der Waals surface area contributed by atoms with E-state index in [9.17, 15) is 0 Å². The fourth-order valence-corrected chi connectivity index (χ4v) is 14.5. The van der Waals surface area contributed by atoms with Crippen LogP contribution in [-0.2, 0) is 37.2 Å². The summed E-state index contributed by atoms with van der Waals surface area (Å²) in [5, 5.41) is 0. The Hall–Kier alpha value is -2.67. The van der Waals surface area contributed by atoms with Crippen molar-refractivity contribution in [2.45, 2.75) is 31.7 Å². The fraction of sp³-hybridized carbons (Fsp3) is 0.188. The molecule has 0 N–H and O–H groups in total. The molecule has 0 amide bonds. The second-order valence-electron chi connectivity index (χ2n) is 9.46. The van der Waals surface area contributed by atoms with Crippen LogP contribution in [0.4, 0.5) is 0 Å². The van der Waals surface area contributed by atoms with E-state index in [1.165, 1.54) is 42.0 Å². The summed E-state index contributed by atoms with van der Waals surface area (Å²) < 4.78 is 4.26. The van der Waals surface area contributed by atoms with Crippen molar-refractivity contribution in [1.29, 1.82) is 0 Å². The van der Waals surface area contributed by atoms with Crippen molar-refractivity contribution in [2.24, 2.45) is 0 Å². The Labute approximate surface area is 202 Å². The number of fused-ring (bicyclic) bond motifs is 1. The zero-order valence-corrected chi connectivity index (χ0v) is 21.0. The molecule has 0 radical (unpaired) electrons. The van der Waals surface area contributed by atoms with Crippen molar-refractivity contribution in [1.82, 2.24) is 0 Å².